The van der Waals surface area contributed by atoms with Gasteiger partial charge in [0.25, 0.3) is 0 Å². The smallest absolute Gasteiger partial charge is 0.313 e. The molecule has 1 aliphatic heterocycles. The van der Waals surface area contributed by atoms with Crippen LogP contribution in [0.5, 0.6) is 0 Å². The molecular formula is C37H60O20. The van der Waals surface area contributed by atoms with Crippen LogP contribution in [0.3, 0.4) is 0 Å². The molecule has 0 unspecified atom stereocenters. The van der Waals surface area contributed by atoms with Gasteiger partial charge >= 0.3 is 53.7 Å². The maximum atomic E-state index is 11.4. The highest BCUT2D eigenvalue weighted by molar-refractivity contribution is 5.94. The van der Waals surface area contributed by atoms with Crippen molar-refractivity contribution >= 4 is 59.5 Å². The number of Topliss-reactive ketones (excluding diaryl/α,β-unsaturated/α-hetero) is 1. The van der Waals surface area contributed by atoms with Crippen LogP contribution in [-0.2, 0) is 81.1 Å². The maximum absolute atomic E-state index is 11.4. The molecule has 328 valence electrons. The molecule has 1 saturated heterocycles. The van der Waals surface area contributed by atoms with Crippen LogP contribution in [0.15, 0.2) is 0 Å². The Kier molecular flexibility index (Phi) is 29.6. The number of carboxylic acids is 2. The van der Waals surface area contributed by atoms with Crippen LogP contribution in [-0.4, -0.2) is 124 Å². The van der Waals surface area contributed by atoms with Gasteiger partial charge in [0.15, 0.2) is 0 Å². The normalized spacial score (nSPS) is 19.4. The highest BCUT2D eigenvalue weighted by atomic mass is 16.6. The molecule has 57 heavy (non-hydrogen) atoms. The molecule has 0 radical (unpaired) electrons. The number of ether oxygens (including phenoxy) is 7. The number of aliphatic hydroxyl groups is 1. The summed E-state index contributed by atoms with van der Waals surface area (Å²) >= 11 is 0. The topological polar surface area (TPSA) is 296 Å². The summed E-state index contributed by atoms with van der Waals surface area (Å²) in [5.74, 6) is -6.53. The Labute approximate surface area is 332 Å². The molecule has 0 saturated carbocycles. The summed E-state index contributed by atoms with van der Waals surface area (Å²) in [6.07, 6.45) is -6.75. The van der Waals surface area contributed by atoms with E-state index >= 15 is 0 Å². The number of rotatable bonds is 16. The zero-order chi connectivity index (χ0) is 43.7. The van der Waals surface area contributed by atoms with E-state index in [1.165, 1.54) is 41.5 Å². The van der Waals surface area contributed by atoms with Crippen molar-refractivity contribution in [3.8, 4) is 0 Å². The lowest BCUT2D eigenvalue weighted by Crippen LogP contribution is -2.29. The van der Waals surface area contributed by atoms with Crippen LogP contribution in [0.1, 0.15) is 128 Å². The Morgan fingerprint density at radius 2 is 0.807 bits per heavy atom. The van der Waals surface area contributed by atoms with E-state index < -0.39 is 103 Å². The number of carboxylic acid groups (broad SMARTS) is 2. The molecule has 0 bridgehead atoms. The second-order valence-corrected chi connectivity index (χ2v) is 13.3. The predicted octanol–water partition coefficient (Wildman–Crippen LogP) is 2.78. The Balaban J connectivity index is -0.000000761. The number of hydrogen-bond donors (Lipinski definition) is 3. The number of aliphatic carboxylic acids is 2. The SMILES string of the molecule is C.CC(=O)CC(=O)O[C@H](C)CC(=O)O[C@H](C)CC(=O)O.C[C@@H]1CC(=O)O[C@H](C)CC(=O)O[C@H](C)CC(=O)O1.C[C@H](CC(=O)O)OC(=O)C[C@@H](C)OC(=O)C[C@@H](C)O. The second-order valence-electron chi connectivity index (χ2n) is 13.3. The van der Waals surface area contributed by atoms with Crippen molar-refractivity contribution in [2.75, 3.05) is 0 Å². The van der Waals surface area contributed by atoms with Crippen LogP contribution in [0, 0.1) is 0 Å². The molecule has 0 aromatic carbocycles. The molecular weight excluding hydrogens is 764 g/mol. The number of aliphatic hydroxyl groups excluding tert-OH is 1. The van der Waals surface area contributed by atoms with Gasteiger partial charge in [-0.05, 0) is 62.3 Å². The van der Waals surface area contributed by atoms with Gasteiger partial charge in [0.2, 0.25) is 0 Å². The van der Waals surface area contributed by atoms with Crippen LogP contribution >= 0.6 is 0 Å². The third kappa shape index (κ3) is 35.0. The fourth-order valence-corrected chi connectivity index (χ4v) is 4.30. The van der Waals surface area contributed by atoms with Gasteiger partial charge in [-0.2, -0.15) is 0 Å². The molecule has 8 atom stereocenters. The molecule has 0 aromatic rings. The Morgan fingerprint density at radius 1 is 0.544 bits per heavy atom. The van der Waals surface area contributed by atoms with E-state index in [4.69, 9.17) is 48.5 Å². The molecule has 1 aliphatic rings. The molecule has 1 fully saturated rings. The molecule has 20 heteroatoms. The molecule has 1 rings (SSSR count). The zero-order valence-corrected chi connectivity index (χ0v) is 33.3. The van der Waals surface area contributed by atoms with Crippen molar-refractivity contribution in [3.63, 3.8) is 0 Å². The van der Waals surface area contributed by atoms with Crippen molar-refractivity contribution in [2.45, 2.75) is 176 Å². The molecule has 0 amide bonds. The summed E-state index contributed by atoms with van der Waals surface area (Å²) in [6.45, 7) is 13.5. The van der Waals surface area contributed by atoms with Gasteiger partial charge in [-0.1, -0.05) is 7.43 Å². The largest absolute Gasteiger partial charge is 0.481 e. The highest BCUT2D eigenvalue weighted by Gasteiger charge is 2.24. The highest BCUT2D eigenvalue weighted by Crippen LogP contribution is 2.12. The summed E-state index contributed by atoms with van der Waals surface area (Å²) in [5.41, 5.74) is 0. The van der Waals surface area contributed by atoms with E-state index in [-0.39, 0.29) is 71.0 Å². The van der Waals surface area contributed by atoms with Gasteiger partial charge in [0.05, 0.1) is 57.5 Å². The van der Waals surface area contributed by atoms with Crippen LogP contribution in [0.4, 0.5) is 0 Å². The minimum Gasteiger partial charge on any atom is -0.481 e. The van der Waals surface area contributed by atoms with E-state index in [0.29, 0.717) is 0 Å². The Hall–Kier alpha value is -5.14. The monoisotopic (exact) mass is 824 g/mol. The second kappa shape index (κ2) is 30.1. The summed E-state index contributed by atoms with van der Waals surface area (Å²) in [7, 11) is 0. The van der Waals surface area contributed by atoms with E-state index in [0.717, 1.165) is 0 Å². The van der Waals surface area contributed by atoms with Crippen LogP contribution in [0.2, 0.25) is 0 Å². The predicted molar refractivity (Wildman–Crippen MR) is 195 cm³/mol. The minimum atomic E-state index is -1.07. The van der Waals surface area contributed by atoms with E-state index in [1.54, 1.807) is 20.8 Å². The quantitative estimate of drug-likeness (QED) is 0.114. The van der Waals surface area contributed by atoms with Gasteiger partial charge in [-0.3, -0.25) is 47.9 Å². The van der Waals surface area contributed by atoms with Crippen molar-refractivity contribution in [1.82, 2.24) is 0 Å². The van der Waals surface area contributed by atoms with Gasteiger partial charge in [-0.15, -0.1) is 0 Å². The number of ketones is 1. The first-order valence-corrected chi connectivity index (χ1v) is 17.7. The van der Waals surface area contributed by atoms with Crippen LogP contribution < -0.4 is 0 Å². The fourth-order valence-electron chi connectivity index (χ4n) is 4.30. The Morgan fingerprint density at radius 3 is 1.07 bits per heavy atom. The van der Waals surface area contributed by atoms with E-state index in [1.807, 2.05) is 0 Å². The first-order chi connectivity index (χ1) is 25.8. The molecule has 0 spiro atoms. The number of carbonyl (C=O) groups excluding carboxylic acids is 8. The van der Waals surface area contributed by atoms with Gasteiger partial charge in [0, 0.05) is 0 Å². The summed E-state index contributed by atoms with van der Waals surface area (Å²) in [4.78, 5) is 111. The molecule has 0 aliphatic carbocycles. The zero-order valence-electron chi connectivity index (χ0n) is 33.3. The lowest BCUT2D eigenvalue weighted by Gasteiger charge is -2.20. The average Bonchev–Trinajstić information content (AvgIpc) is 2.94. The third-order valence-electron chi connectivity index (χ3n) is 6.38. The van der Waals surface area contributed by atoms with Crippen molar-refractivity contribution in [1.29, 1.82) is 0 Å². The van der Waals surface area contributed by atoms with Gasteiger partial charge < -0.3 is 48.5 Å². The Bertz CT molecular complexity index is 1260. The van der Waals surface area contributed by atoms with Crippen molar-refractivity contribution in [2.24, 2.45) is 0 Å². The number of hydrogen-bond acceptors (Lipinski definition) is 18. The number of cyclic esters (lactones) is 3. The van der Waals surface area contributed by atoms with E-state index in [9.17, 15) is 47.9 Å². The number of carbonyl (C=O) groups is 10. The summed E-state index contributed by atoms with van der Waals surface area (Å²) in [6, 6.07) is 0. The van der Waals surface area contributed by atoms with Gasteiger partial charge in [0.1, 0.15) is 54.9 Å². The molecule has 1 heterocycles. The maximum Gasteiger partial charge on any atom is 0.313 e. The molecule has 3 N–H and O–H groups in total. The van der Waals surface area contributed by atoms with Crippen molar-refractivity contribution in [3.05, 3.63) is 0 Å². The van der Waals surface area contributed by atoms with Gasteiger partial charge in [-0.25, -0.2) is 0 Å². The minimum absolute atomic E-state index is 0. The summed E-state index contributed by atoms with van der Waals surface area (Å²) in [5, 5.41) is 26.0. The van der Waals surface area contributed by atoms with E-state index in [2.05, 4.69) is 0 Å². The summed E-state index contributed by atoms with van der Waals surface area (Å²) < 4.78 is 34.4. The lowest BCUT2D eigenvalue weighted by molar-refractivity contribution is -0.166. The first-order valence-electron chi connectivity index (χ1n) is 17.7. The first kappa shape index (κ1) is 56.2. The average molecular weight is 825 g/mol. The van der Waals surface area contributed by atoms with Crippen LogP contribution in [0.25, 0.3) is 0 Å². The fraction of sp³-hybridized carbons (Fsp3) is 0.730. The van der Waals surface area contributed by atoms with Crippen molar-refractivity contribution < 1.29 is 96.4 Å². The molecule has 20 nitrogen and oxygen atoms in total. The molecule has 0 aromatic heterocycles. The standard InChI is InChI=1S/C12H20O7.C12H18O7.C12H18O6.CH4/c2*1-7(13)4-11(16)19-9(3)6-12(17)18-8(2)5-10(14)15;1-7-4-10(13)17-9(3)6-12(15)18-8(2)5-11(14)16-7;/h7-9,13H,4-6H2,1-3H3,(H,14,15);8-9H,4-6H2,1-3H3,(H,14,15);7-9H,4-6H2,1-3H3;1H4/t7-,8-,9-;8-,9-;7-,8-,9-;/m111./s1. The number of esters is 7. The lowest BCUT2D eigenvalue weighted by atomic mass is 10.2. The third-order valence-corrected chi connectivity index (χ3v) is 6.38.